The van der Waals surface area contributed by atoms with E-state index in [2.05, 4.69) is 0 Å². The number of primary amides is 1. The van der Waals surface area contributed by atoms with E-state index in [1.54, 1.807) is 25.3 Å². The number of carbonyl (C=O) groups is 1. The number of methoxy groups -OCH3 is 3. The van der Waals surface area contributed by atoms with Gasteiger partial charge in [0.2, 0.25) is 10.0 Å². The van der Waals surface area contributed by atoms with Crippen molar-refractivity contribution in [3.8, 4) is 17.2 Å². The average molecular weight is 439 g/mol. The molecule has 1 saturated heterocycles. The molecule has 8 nitrogen and oxygen atoms in total. The molecule has 2 aromatic rings. The van der Waals surface area contributed by atoms with Gasteiger partial charge in [0.15, 0.2) is 0 Å². The summed E-state index contributed by atoms with van der Waals surface area (Å²) in [6.07, 6.45) is 0. The van der Waals surface area contributed by atoms with Crippen LogP contribution in [-0.2, 0) is 10.0 Å². The number of nitrogens with zero attached hydrogens (tertiary/aromatic N) is 1. The van der Waals surface area contributed by atoms with Crippen LogP contribution in [-0.4, -0.2) is 52.3 Å². The van der Waals surface area contributed by atoms with Crippen LogP contribution in [0.15, 0.2) is 41.3 Å². The summed E-state index contributed by atoms with van der Waals surface area (Å²) < 4.78 is 44.0. The van der Waals surface area contributed by atoms with Crippen molar-refractivity contribution in [3.05, 3.63) is 47.5 Å². The summed E-state index contributed by atoms with van der Waals surface area (Å²) in [6, 6.07) is 9.35. The Kier molecular flexibility index (Phi) is 6.25. The van der Waals surface area contributed by atoms with Gasteiger partial charge in [-0.05, 0) is 36.4 Å². The number of rotatable bonds is 7. The predicted octanol–water partition coefficient (Wildman–Crippen LogP) is 2.25. The van der Waals surface area contributed by atoms with Crippen molar-refractivity contribution in [3.63, 3.8) is 0 Å². The fourth-order valence-corrected chi connectivity index (χ4v) is 6.43. The zero-order valence-electron chi connectivity index (χ0n) is 16.2. The van der Waals surface area contributed by atoms with E-state index in [0.717, 1.165) is 0 Å². The Morgan fingerprint density at radius 1 is 1.07 bits per heavy atom. The number of benzene rings is 2. The summed E-state index contributed by atoms with van der Waals surface area (Å²) in [5, 5.41) is -0.496. The topological polar surface area (TPSA) is 108 Å². The molecule has 0 bridgehead atoms. The minimum Gasteiger partial charge on any atom is -0.497 e. The number of hydrogen-bond acceptors (Lipinski definition) is 7. The first-order valence-electron chi connectivity index (χ1n) is 8.66. The highest BCUT2D eigenvalue weighted by Gasteiger charge is 2.38. The molecular weight excluding hydrogens is 416 g/mol. The zero-order chi connectivity index (χ0) is 21.2. The summed E-state index contributed by atoms with van der Waals surface area (Å²) in [6.45, 7) is 0.315. The van der Waals surface area contributed by atoms with Crippen LogP contribution in [0.25, 0.3) is 0 Å². The number of ether oxygens (including phenoxy) is 3. The minimum absolute atomic E-state index is 0.0101. The first-order valence-corrected chi connectivity index (χ1v) is 11.2. The second kappa shape index (κ2) is 8.52. The second-order valence-corrected chi connectivity index (χ2v) is 9.25. The summed E-state index contributed by atoms with van der Waals surface area (Å²) in [7, 11) is 0.559. The van der Waals surface area contributed by atoms with Crippen molar-refractivity contribution in [2.75, 3.05) is 33.6 Å². The normalized spacial score (nSPS) is 17.1. The highest BCUT2D eigenvalue weighted by molar-refractivity contribution is 8.01. The number of amides is 1. The molecular formula is C19H22N2O6S2. The largest absolute Gasteiger partial charge is 0.497 e. The van der Waals surface area contributed by atoms with Gasteiger partial charge in [0.25, 0.3) is 5.91 Å². The van der Waals surface area contributed by atoms with Crippen molar-refractivity contribution < 1.29 is 27.4 Å². The maximum atomic E-state index is 13.4. The summed E-state index contributed by atoms with van der Waals surface area (Å²) in [4.78, 5) is 11.7. The Hall–Kier alpha value is -2.43. The number of thioether (sulfide) groups is 1. The first kappa shape index (κ1) is 21.3. The molecule has 0 radical (unpaired) electrons. The first-order chi connectivity index (χ1) is 13.8. The van der Waals surface area contributed by atoms with Gasteiger partial charge in [0.1, 0.15) is 17.2 Å². The Labute approximate surface area is 174 Å². The third kappa shape index (κ3) is 4.00. The van der Waals surface area contributed by atoms with Gasteiger partial charge in [-0.2, -0.15) is 4.31 Å². The third-order valence-corrected chi connectivity index (χ3v) is 7.83. The van der Waals surface area contributed by atoms with Gasteiger partial charge in [-0.3, -0.25) is 4.79 Å². The van der Waals surface area contributed by atoms with Gasteiger partial charge >= 0.3 is 0 Å². The van der Waals surface area contributed by atoms with Crippen LogP contribution < -0.4 is 19.9 Å². The predicted molar refractivity (Wildman–Crippen MR) is 110 cm³/mol. The molecule has 1 aliphatic heterocycles. The Morgan fingerprint density at radius 2 is 1.76 bits per heavy atom. The molecule has 0 saturated carbocycles. The number of carbonyl (C=O) groups excluding carboxylic acids is 1. The van der Waals surface area contributed by atoms with Crippen molar-refractivity contribution >= 4 is 27.7 Å². The van der Waals surface area contributed by atoms with Crippen molar-refractivity contribution in [1.82, 2.24) is 4.31 Å². The van der Waals surface area contributed by atoms with Gasteiger partial charge in [0, 0.05) is 17.9 Å². The molecule has 10 heteroatoms. The minimum atomic E-state index is -3.91. The van der Waals surface area contributed by atoms with E-state index < -0.39 is 21.3 Å². The molecule has 1 atom stereocenters. The molecule has 0 aliphatic carbocycles. The van der Waals surface area contributed by atoms with E-state index in [9.17, 15) is 13.2 Å². The zero-order valence-corrected chi connectivity index (χ0v) is 17.9. The van der Waals surface area contributed by atoms with Gasteiger partial charge in [0.05, 0.1) is 37.2 Å². The molecule has 1 amide bonds. The van der Waals surface area contributed by atoms with E-state index in [4.69, 9.17) is 19.9 Å². The summed E-state index contributed by atoms with van der Waals surface area (Å²) in [5.41, 5.74) is 6.09. The molecule has 3 rings (SSSR count). The van der Waals surface area contributed by atoms with Crippen molar-refractivity contribution in [2.24, 2.45) is 5.73 Å². The molecule has 156 valence electrons. The van der Waals surface area contributed by atoms with E-state index >= 15 is 0 Å². The van der Waals surface area contributed by atoms with Crippen LogP contribution in [0.3, 0.4) is 0 Å². The van der Waals surface area contributed by atoms with Gasteiger partial charge in [-0.1, -0.05) is 0 Å². The van der Waals surface area contributed by atoms with E-state index in [1.165, 1.54) is 48.5 Å². The van der Waals surface area contributed by atoms with Crippen LogP contribution in [0.2, 0.25) is 0 Å². The Bertz CT molecular complexity index is 1030. The van der Waals surface area contributed by atoms with Crippen LogP contribution in [0, 0.1) is 0 Å². The highest BCUT2D eigenvalue weighted by atomic mass is 32.2. The lowest BCUT2D eigenvalue weighted by molar-refractivity contribution is 0.0997. The maximum absolute atomic E-state index is 13.4. The standard InChI is InChI=1S/C19H22N2O6S2/c1-25-12-4-6-17(27-3)15(10-12)19-21(8-9-28-19)29(23,24)13-5-7-16(26-2)14(11-13)18(20)22/h4-7,10-11,19H,8-9H2,1-3H3,(H2,20,22). The molecule has 1 aliphatic rings. The van der Waals surface area contributed by atoms with Gasteiger partial charge < -0.3 is 19.9 Å². The molecule has 1 fully saturated rings. The molecule has 1 heterocycles. The SMILES string of the molecule is COc1ccc(OC)c(C2SCCN2S(=O)(=O)c2ccc(OC)c(C(N)=O)c2)c1. The lowest BCUT2D eigenvalue weighted by Crippen LogP contribution is -2.31. The third-order valence-electron chi connectivity index (χ3n) is 4.59. The van der Waals surface area contributed by atoms with Crippen LogP contribution in [0.4, 0.5) is 0 Å². The van der Waals surface area contributed by atoms with Crippen LogP contribution in [0.1, 0.15) is 21.3 Å². The summed E-state index contributed by atoms with van der Waals surface area (Å²) in [5.74, 6) is 1.24. The maximum Gasteiger partial charge on any atom is 0.252 e. The van der Waals surface area contributed by atoms with E-state index in [0.29, 0.717) is 29.4 Å². The Morgan fingerprint density at radius 3 is 2.38 bits per heavy atom. The van der Waals surface area contributed by atoms with Gasteiger partial charge in [-0.15, -0.1) is 11.8 Å². The summed E-state index contributed by atoms with van der Waals surface area (Å²) >= 11 is 1.49. The highest BCUT2D eigenvalue weighted by Crippen LogP contribution is 2.45. The van der Waals surface area contributed by atoms with Crippen molar-refractivity contribution in [2.45, 2.75) is 10.3 Å². The van der Waals surface area contributed by atoms with E-state index in [1.807, 2.05) is 0 Å². The fourth-order valence-electron chi connectivity index (χ4n) is 3.15. The number of sulfonamides is 1. The molecule has 29 heavy (non-hydrogen) atoms. The molecule has 0 spiro atoms. The molecule has 1 unspecified atom stereocenters. The second-order valence-electron chi connectivity index (χ2n) is 6.17. The lowest BCUT2D eigenvalue weighted by atomic mass is 10.2. The lowest BCUT2D eigenvalue weighted by Gasteiger charge is -2.25. The van der Waals surface area contributed by atoms with E-state index in [-0.39, 0.29) is 16.2 Å². The van der Waals surface area contributed by atoms with Crippen LogP contribution >= 0.6 is 11.8 Å². The monoisotopic (exact) mass is 438 g/mol. The van der Waals surface area contributed by atoms with Crippen molar-refractivity contribution in [1.29, 1.82) is 0 Å². The molecule has 0 aromatic heterocycles. The molecule has 2 N–H and O–H groups in total. The average Bonchev–Trinajstić information content (AvgIpc) is 3.23. The molecule has 2 aromatic carbocycles. The van der Waals surface area contributed by atoms with Gasteiger partial charge in [-0.25, -0.2) is 8.42 Å². The Balaban J connectivity index is 2.06. The quantitative estimate of drug-likeness (QED) is 0.706. The smallest absolute Gasteiger partial charge is 0.252 e. The van der Waals surface area contributed by atoms with Crippen LogP contribution in [0.5, 0.6) is 17.2 Å². The number of hydrogen-bond donors (Lipinski definition) is 1. The number of nitrogens with two attached hydrogens (primary N) is 1. The fraction of sp³-hybridized carbons (Fsp3) is 0.316.